The normalized spacial score (nSPS) is 14.2. The van der Waals surface area contributed by atoms with E-state index in [0.717, 1.165) is 64.2 Å². The fourth-order valence-electron chi connectivity index (χ4n) is 6.89. The molecule has 0 aliphatic rings. The largest absolute Gasteiger partial charge is 0.472 e. The zero-order valence-corrected chi connectivity index (χ0v) is 40.3. The quantitative estimate of drug-likeness (QED) is 0.0236. The Morgan fingerprint density at radius 3 is 1.33 bits per heavy atom. The number of ether oxygens (including phenoxy) is 2. The lowest BCUT2D eigenvalue weighted by Gasteiger charge is -2.20. The second-order valence-corrected chi connectivity index (χ2v) is 18.3. The Kier molecular flexibility index (Phi) is 46.6. The highest BCUT2D eigenvalue weighted by Crippen LogP contribution is 2.43. The minimum atomic E-state index is -4.53. The van der Waals surface area contributed by atoms with Gasteiger partial charge >= 0.3 is 13.8 Å². The van der Waals surface area contributed by atoms with E-state index in [-0.39, 0.29) is 25.6 Å². The van der Waals surface area contributed by atoms with E-state index in [0.29, 0.717) is 6.61 Å². The highest BCUT2D eigenvalue weighted by atomic mass is 31.2. The summed E-state index contributed by atoms with van der Waals surface area (Å²) in [6.45, 7) is 3.50. The fraction of sp³-hybridized carbons (Fsp3) is 0.824. The standard InChI is InChI=1S/C51H95O9P/c1-3-5-7-9-11-13-15-17-19-21-23-24-25-27-29-31-33-35-37-39-41-43-51(54)60-50(48-59-61(55,56)58-46-49(53)45-52)47-57-44-42-40-38-36-34-32-30-28-26-22-20-18-16-14-12-10-8-6-4-2/h14-17,20-23,49-50,52-53H,3-13,18-19,24-48H2,1-2H3,(H,55,56)/b16-14-,17-15-,22-20-,23-21-. The van der Waals surface area contributed by atoms with Gasteiger partial charge in [-0.2, -0.15) is 0 Å². The van der Waals surface area contributed by atoms with Crippen LogP contribution in [0.25, 0.3) is 0 Å². The van der Waals surface area contributed by atoms with Gasteiger partial charge in [0.2, 0.25) is 0 Å². The molecule has 0 aromatic rings. The molecule has 0 saturated carbocycles. The predicted molar refractivity (Wildman–Crippen MR) is 256 cm³/mol. The molecule has 0 aliphatic heterocycles. The summed E-state index contributed by atoms with van der Waals surface area (Å²) < 4.78 is 33.5. The number of phosphoric acid groups is 1. The monoisotopic (exact) mass is 883 g/mol. The van der Waals surface area contributed by atoms with Gasteiger partial charge in [0.15, 0.2) is 0 Å². The van der Waals surface area contributed by atoms with Gasteiger partial charge in [-0.25, -0.2) is 4.57 Å². The maximum absolute atomic E-state index is 12.7. The maximum Gasteiger partial charge on any atom is 0.472 e. The molecule has 358 valence electrons. The number of aliphatic hydroxyl groups excluding tert-OH is 2. The first kappa shape index (κ1) is 59.4. The SMILES string of the molecule is CCCCCC/C=C\C/C=C\CCCCCCCCCCOCC(COP(=O)(O)OCC(O)CO)OC(=O)CCCCCCCCCCC/C=C\C/C=C\CCCCCCC. The molecule has 0 aromatic heterocycles. The minimum Gasteiger partial charge on any atom is -0.457 e. The summed E-state index contributed by atoms with van der Waals surface area (Å²) in [6, 6.07) is 0. The van der Waals surface area contributed by atoms with Gasteiger partial charge in [-0.3, -0.25) is 13.8 Å². The van der Waals surface area contributed by atoms with Crippen LogP contribution < -0.4 is 0 Å². The molecule has 3 unspecified atom stereocenters. The third-order valence-corrected chi connectivity index (χ3v) is 11.7. The van der Waals surface area contributed by atoms with E-state index < -0.39 is 33.2 Å². The fourth-order valence-corrected chi connectivity index (χ4v) is 7.68. The Morgan fingerprint density at radius 1 is 0.508 bits per heavy atom. The summed E-state index contributed by atoms with van der Waals surface area (Å²) in [7, 11) is -4.53. The zero-order valence-electron chi connectivity index (χ0n) is 39.4. The summed E-state index contributed by atoms with van der Waals surface area (Å²) >= 11 is 0. The van der Waals surface area contributed by atoms with Crippen molar-refractivity contribution < 1.29 is 43.0 Å². The molecule has 0 fully saturated rings. The van der Waals surface area contributed by atoms with Crippen molar-refractivity contribution in [2.45, 2.75) is 238 Å². The van der Waals surface area contributed by atoms with Gasteiger partial charge in [-0.15, -0.1) is 0 Å². The van der Waals surface area contributed by atoms with Crippen LogP contribution in [0.1, 0.15) is 226 Å². The number of hydrogen-bond donors (Lipinski definition) is 3. The molecule has 0 amide bonds. The Labute approximate surface area is 375 Å². The number of unbranched alkanes of at least 4 members (excludes halogenated alkanes) is 26. The number of allylic oxidation sites excluding steroid dienone is 8. The van der Waals surface area contributed by atoms with Gasteiger partial charge in [-0.1, -0.05) is 191 Å². The van der Waals surface area contributed by atoms with Crippen molar-refractivity contribution in [3.05, 3.63) is 48.6 Å². The lowest BCUT2D eigenvalue weighted by atomic mass is 10.1. The predicted octanol–water partition coefficient (Wildman–Crippen LogP) is 14.5. The summed E-state index contributed by atoms with van der Waals surface area (Å²) in [5, 5.41) is 18.4. The Hall–Kier alpha value is -1.58. The Bertz CT molecular complexity index is 1090. The summed E-state index contributed by atoms with van der Waals surface area (Å²) in [4.78, 5) is 22.7. The van der Waals surface area contributed by atoms with Gasteiger partial charge < -0.3 is 24.6 Å². The van der Waals surface area contributed by atoms with Crippen LogP contribution in [0.15, 0.2) is 48.6 Å². The van der Waals surface area contributed by atoms with Crippen molar-refractivity contribution in [2.75, 3.05) is 33.0 Å². The van der Waals surface area contributed by atoms with Crippen LogP contribution in [0.5, 0.6) is 0 Å². The summed E-state index contributed by atoms with van der Waals surface area (Å²) in [6.07, 6.45) is 55.0. The van der Waals surface area contributed by atoms with Gasteiger partial charge in [-0.05, 0) is 77.0 Å². The van der Waals surface area contributed by atoms with Crippen LogP contribution >= 0.6 is 7.82 Å². The molecule has 0 rings (SSSR count). The lowest BCUT2D eigenvalue weighted by Crippen LogP contribution is -2.29. The van der Waals surface area contributed by atoms with E-state index in [1.54, 1.807) is 0 Å². The van der Waals surface area contributed by atoms with Crippen molar-refractivity contribution in [1.82, 2.24) is 0 Å². The smallest absolute Gasteiger partial charge is 0.457 e. The molecule has 3 atom stereocenters. The van der Waals surface area contributed by atoms with Gasteiger partial charge in [0.05, 0.1) is 26.4 Å². The molecule has 9 nitrogen and oxygen atoms in total. The number of carbonyl (C=O) groups is 1. The molecule has 0 saturated heterocycles. The molecular formula is C51H95O9P. The molecule has 0 bridgehead atoms. The highest BCUT2D eigenvalue weighted by Gasteiger charge is 2.26. The van der Waals surface area contributed by atoms with Crippen LogP contribution in [-0.4, -0.2) is 66.3 Å². The number of rotatable bonds is 48. The van der Waals surface area contributed by atoms with E-state index in [9.17, 15) is 19.4 Å². The summed E-state index contributed by atoms with van der Waals surface area (Å²) in [5.74, 6) is -0.388. The Morgan fingerprint density at radius 2 is 0.885 bits per heavy atom. The van der Waals surface area contributed by atoms with Crippen LogP contribution in [-0.2, 0) is 27.9 Å². The second kappa shape index (κ2) is 47.9. The molecule has 3 N–H and O–H groups in total. The average molecular weight is 883 g/mol. The molecule has 0 heterocycles. The molecular weight excluding hydrogens is 788 g/mol. The Balaban J connectivity index is 4.11. The molecule has 0 aliphatic carbocycles. The van der Waals surface area contributed by atoms with Crippen molar-refractivity contribution in [1.29, 1.82) is 0 Å². The highest BCUT2D eigenvalue weighted by molar-refractivity contribution is 7.47. The number of esters is 1. The van der Waals surface area contributed by atoms with Crippen LogP contribution in [0.4, 0.5) is 0 Å². The van der Waals surface area contributed by atoms with E-state index in [4.69, 9.17) is 23.6 Å². The minimum absolute atomic E-state index is 0.0434. The number of hydrogen-bond acceptors (Lipinski definition) is 8. The number of carbonyl (C=O) groups excluding carboxylic acids is 1. The molecule has 61 heavy (non-hydrogen) atoms. The average Bonchev–Trinajstić information content (AvgIpc) is 3.25. The zero-order chi connectivity index (χ0) is 44.6. The number of aliphatic hydroxyl groups is 2. The molecule has 0 radical (unpaired) electrons. The van der Waals surface area contributed by atoms with E-state index in [2.05, 4.69) is 62.5 Å². The summed E-state index contributed by atoms with van der Waals surface area (Å²) in [5.41, 5.74) is 0. The molecule has 0 spiro atoms. The van der Waals surface area contributed by atoms with Gasteiger partial charge in [0.25, 0.3) is 0 Å². The maximum atomic E-state index is 12.7. The first-order valence-electron chi connectivity index (χ1n) is 25.1. The van der Waals surface area contributed by atoms with Crippen molar-refractivity contribution in [3.8, 4) is 0 Å². The third-order valence-electron chi connectivity index (χ3n) is 10.7. The van der Waals surface area contributed by atoms with E-state index >= 15 is 0 Å². The van der Waals surface area contributed by atoms with Crippen molar-refractivity contribution in [3.63, 3.8) is 0 Å². The van der Waals surface area contributed by atoms with Crippen LogP contribution in [0.2, 0.25) is 0 Å². The molecule has 10 heteroatoms. The first-order valence-corrected chi connectivity index (χ1v) is 26.6. The lowest BCUT2D eigenvalue weighted by molar-refractivity contribution is -0.154. The topological polar surface area (TPSA) is 132 Å². The third kappa shape index (κ3) is 47.7. The van der Waals surface area contributed by atoms with E-state index in [1.165, 1.54) is 141 Å². The van der Waals surface area contributed by atoms with Crippen LogP contribution in [0.3, 0.4) is 0 Å². The van der Waals surface area contributed by atoms with Gasteiger partial charge in [0.1, 0.15) is 12.2 Å². The van der Waals surface area contributed by atoms with E-state index in [1.807, 2.05) is 0 Å². The first-order chi connectivity index (χ1) is 29.8. The second-order valence-electron chi connectivity index (χ2n) is 16.8. The van der Waals surface area contributed by atoms with Gasteiger partial charge in [0, 0.05) is 13.0 Å². The van der Waals surface area contributed by atoms with Crippen molar-refractivity contribution >= 4 is 13.8 Å². The molecule has 0 aromatic carbocycles. The van der Waals surface area contributed by atoms with Crippen LogP contribution in [0, 0.1) is 0 Å². The number of phosphoric ester groups is 1. The van der Waals surface area contributed by atoms with Crippen molar-refractivity contribution in [2.24, 2.45) is 0 Å².